The van der Waals surface area contributed by atoms with Crippen LogP contribution in [0.3, 0.4) is 0 Å². The fourth-order valence-electron chi connectivity index (χ4n) is 2.53. The van der Waals surface area contributed by atoms with Crippen molar-refractivity contribution in [1.82, 2.24) is 5.32 Å². The van der Waals surface area contributed by atoms with Crippen LogP contribution in [0.25, 0.3) is 6.08 Å². The van der Waals surface area contributed by atoms with Crippen LogP contribution in [0.2, 0.25) is 0 Å². The molecule has 0 spiro atoms. The summed E-state index contributed by atoms with van der Waals surface area (Å²) in [4.78, 5) is 22.2. The van der Waals surface area contributed by atoms with Gasteiger partial charge in [-0.3, -0.25) is 14.9 Å². The molecule has 2 aromatic carbocycles. The highest BCUT2D eigenvalue weighted by atomic mass is 16.6. The van der Waals surface area contributed by atoms with Crippen LogP contribution in [0.1, 0.15) is 36.1 Å². The van der Waals surface area contributed by atoms with Crippen molar-refractivity contribution >= 4 is 17.7 Å². The average Bonchev–Trinajstić information content (AvgIpc) is 2.64. The van der Waals surface area contributed by atoms with E-state index in [1.807, 2.05) is 0 Å². The van der Waals surface area contributed by atoms with Gasteiger partial charge in [0.15, 0.2) is 0 Å². The zero-order valence-electron chi connectivity index (χ0n) is 14.5. The number of rotatable bonds is 7. The molecule has 0 unspecified atom stereocenters. The SMILES string of the molecule is CCc1ccc(CC)c(CNC(=O)/C=C/c2ccc([N+](=O)[O-])cc2)c1. The number of nitrogens with zero attached hydrogens (tertiary/aromatic N) is 1. The summed E-state index contributed by atoms with van der Waals surface area (Å²) in [7, 11) is 0. The van der Waals surface area contributed by atoms with Gasteiger partial charge in [-0.1, -0.05) is 32.0 Å². The molecule has 2 aromatic rings. The van der Waals surface area contributed by atoms with Gasteiger partial charge < -0.3 is 5.32 Å². The Labute approximate surface area is 147 Å². The molecule has 0 aliphatic heterocycles. The highest BCUT2D eigenvalue weighted by molar-refractivity contribution is 5.91. The van der Waals surface area contributed by atoms with Crippen molar-refractivity contribution in [2.45, 2.75) is 33.2 Å². The number of hydrogen-bond acceptors (Lipinski definition) is 3. The highest BCUT2D eigenvalue weighted by Gasteiger charge is 2.05. The summed E-state index contributed by atoms with van der Waals surface area (Å²) >= 11 is 0. The van der Waals surface area contributed by atoms with Crippen LogP contribution in [-0.2, 0) is 24.2 Å². The topological polar surface area (TPSA) is 72.2 Å². The molecular weight excluding hydrogens is 316 g/mol. The van der Waals surface area contributed by atoms with Crippen LogP contribution in [-0.4, -0.2) is 10.8 Å². The van der Waals surface area contributed by atoms with Crippen molar-refractivity contribution in [3.8, 4) is 0 Å². The first-order chi connectivity index (χ1) is 12.0. The zero-order valence-corrected chi connectivity index (χ0v) is 14.5. The molecule has 2 rings (SSSR count). The normalized spacial score (nSPS) is 10.8. The van der Waals surface area contributed by atoms with Crippen molar-refractivity contribution in [3.05, 3.63) is 80.9 Å². The third kappa shape index (κ3) is 5.28. The molecule has 0 aliphatic carbocycles. The number of aryl methyl sites for hydroxylation is 2. The van der Waals surface area contributed by atoms with E-state index in [4.69, 9.17) is 0 Å². The molecule has 0 atom stereocenters. The number of non-ortho nitro benzene ring substituents is 1. The molecule has 0 bridgehead atoms. The van der Waals surface area contributed by atoms with E-state index in [0.29, 0.717) is 6.54 Å². The number of benzene rings is 2. The first-order valence-corrected chi connectivity index (χ1v) is 8.34. The van der Waals surface area contributed by atoms with Gasteiger partial charge in [0.1, 0.15) is 0 Å². The molecule has 25 heavy (non-hydrogen) atoms. The maximum Gasteiger partial charge on any atom is 0.269 e. The van der Waals surface area contributed by atoms with Crippen molar-refractivity contribution in [1.29, 1.82) is 0 Å². The second-order valence-corrected chi connectivity index (χ2v) is 5.71. The first kappa shape index (κ1) is 18.4. The summed E-state index contributed by atoms with van der Waals surface area (Å²) in [5, 5.41) is 13.5. The van der Waals surface area contributed by atoms with E-state index in [-0.39, 0.29) is 11.6 Å². The van der Waals surface area contributed by atoms with Gasteiger partial charge in [0.25, 0.3) is 5.69 Å². The number of nitro groups is 1. The quantitative estimate of drug-likeness (QED) is 0.470. The molecular formula is C20H22N2O3. The summed E-state index contributed by atoms with van der Waals surface area (Å²) in [6.45, 7) is 4.69. The van der Waals surface area contributed by atoms with E-state index in [2.05, 4.69) is 37.4 Å². The number of carbonyl (C=O) groups is 1. The molecule has 0 saturated carbocycles. The van der Waals surface area contributed by atoms with E-state index in [0.717, 1.165) is 24.0 Å². The predicted molar refractivity (Wildman–Crippen MR) is 99.2 cm³/mol. The fraction of sp³-hybridized carbons (Fsp3) is 0.250. The van der Waals surface area contributed by atoms with E-state index >= 15 is 0 Å². The molecule has 0 aromatic heterocycles. The van der Waals surface area contributed by atoms with Crippen LogP contribution >= 0.6 is 0 Å². The highest BCUT2D eigenvalue weighted by Crippen LogP contribution is 2.14. The Kier molecular flexibility index (Phi) is 6.46. The summed E-state index contributed by atoms with van der Waals surface area (Å²) in [6, 6.07) is 12.4. The van der Waals surface area contributed by atoms with Gasteiger partial charge in [0.05, 0.1) is 4.92 Å². The van der Waals surface area contributed by atoms with Crippen molar-refractivity contribution in [2.24, 2.45) is 0 Å². The number of nitro benzene ring substituents is 1. The van der Waals surface area contributed by atoms with Gasteiger partial charge in [-0.15, -0.1) is 0 Å². The summed E-state index contributed by atoms with van der Waals surface area (Å²) in [6.07, 6.45) is 4.97. The van der Waals surface area contributed by atoms with Crippen LogP contribution in [0.4, 0.5) is 5.69 Å². The summed E-state index contributed by atoms with van der Waals surface area (Å²) in [5.41, 5.74) is 4.39. The standard InChI is InChI=1S/C20H22N2O3/c1-3-15-5-9-17(4-2)18(13-15)14-21-20(23)12-8-16-6-10-19(11-7-16)22(24)25/h5-13H,3-4,14H2,1-2H3,(H,21,23)/b12-8+. The van der Waals surface area contributed by atoms with Gasteiger partial charge >= 0.3 is 0 Å². The molecule has 0 heterocycles. The molecule has 5 heteroatoms. The Morgan fingerprint density at radius 1 is 1.08 bits per heavy atom. The van der Waals surface area contributed by atoms with E-state index in [9.17, 15) is 14.9 Å². The number of hydrogen-bond donors (Lipinski definition) is 1. The summed E-state index contributed by atoms with van der Waals surface area (Å²) < 4.78 is 0. The smallest absolute Gasteiger partial charge is 0.269 e. The minimum absolute atomic E-state index is 0.0319. The lowest BCUT2D eigenvalue weighted by Crippen LogP contribution is -2.21. The van der Waals surface area contributed by atoms with Crippen molar-refractivity contribution in [2.75, 3.05) is 0 Å². The lowest BCUT2D eigenvalue weighted by atomic mass is 10.0. The average molecular weight is 338 g/mol. The molecule has 0 saturated heterocycles. The Morgan fingerprint density at radius 2 is 1.80 bits per heavy atom. The lowest BCUT2D eigenvalue weighted by Gasteiger charge is -2.10. The minimum atomic E-state index is -0.448. The van der Waals surface area contributed by atoms with Gasteiger partial charge in [-0.05, 0) is 53.3 Å². The largest absolute Gasteiger partial charge is 0.348 e. The molecule has 130 valence electrons. The van der Waals surface area contributed by atoms with E-state index < -0.39 is 4.92 Å². The third-order valence-electron chi connectivity index (χ3n) is 4.04. The summed E-state index contributed by atoms with van der Waals surface area (Å²) in [5.74, 6) is -0.192. The fourth-order valence-corrected chi connectivity index (χ4v) is 2.53. The van der Waals surface area contributed by atoms with Gasteiger partial charge in [-0.25, -0.2) is 0 Å². The maximum atomic E-state index is 12.0. The van der Waals surface area contributed by atoms with Crippen molar-refractivity contribution < 1.29 is 9.72 Å². The molecule has 0 fully saturated rings. The number of carbonyl (C=O) groups excluding carboxylic acids is 1. The molecule has 0 radical (unpaired) electrons. The van der Waals surface area contributed by atoms with Crippen molar-refractivity contribution in [3.63, 3.8) is 0 Å². The Hall–Kier alpha value is -2.95. The Bertz CT molecular complexity index is 780. The zero-order chi connectivity index (χ0) is 18.2. The maximum absolute atomic E-state index is 12.0. The minimum Gasteiger partial charge on any atom is -0.348 e. The second-order valence-electron chi connectivity index (χ2n) is 5.71. The molecule has 1 amide bonds. The monoisotopic (exact) mass is 338 g/mol. The molecule has 1 N–H and O–H groups in total. The van der Waals surface area contributed by atoms with Crippen LogP contribution in [0.15, 0.2) is 48.5 Å². The second kappa shape index (κ2) is 8.78. The third-order valence-corrected chi connectivity index (χ3v) is 4.04. The predicted octanol–water partition coefficient (Wildman–Crippen LogP) is 4.05. The van der Waals surface area contributed by atoms with E-state index in [1.165, 1.54) is 29.3 Å². The Morgan fingerprint density at radius 3 is 2.40 bits per heavy atom. The number of nitrogens with one attached hydrogen (secondary N) is 1. The van der Waals surface area contributed by atoms with E-state index in [1.54, 1.807) is 18.2 Å². The van der Waals surface area contributed by atoms with Crippen LogP contribution in [0, 0.1) is 10.1 Å². The first-order valence-electron chi connectivity index (χ1n) is 8.34. The van der Waals surface area contributed by atoms with Crippen LogP contribution in [0.5, 0.6) is 0 Å². The van der Waals surface area contributed by atoms with Gasteiger partial charge in [0.2, 0.25) is 5.91 Å². The molecule has 5 nitrogen and oxygen atoms in total. The van der Waals surface area contributed by atoms with Gasteiger partial charge in [-0.2, -0.15) is 0 Å². The van der Waals surface area contributed by atoms with Crippen LogP contribution < -0.4 is 5.32 Å². The molecule has 0 aliphatic rings. The number of amides is 1. The lowest BCUT2D eigenvalue weighted by molar-refractivity contribution is -0.384. The Balaban J connectivity index is 1.97. The van der Waals surface area contributed by atoms with Gasteiger partial charge in [0, 0.05) is 24.8 Å².